The SMILES string of the molecule is CC(C)(C)NC(=O)[C@H](c1ccc2ncccc2c1)N(C(=O)c1snc(C(N)=O)c1N)c1ccccc1. The smallest absolute Gasteiger partial charge is 0.273 e. The van der Waals surface area contributed by atoms with Gasteiger partial charge in [-0.3, -0.25) is 24.3 Å². The number of hydrogen-bond donors (Lipinski definition) is 3. The zero-order chi connectivity index (χ0) is 26.0. The first-order chi connectivity index (χ1) is 17.1. The predicted molar refractivity (Wildman–Crippen MR) is 141 cm³/mol. The van der Waals surface area contributed by atoms with Crippen molar-refractivity contribution in [3.8, 4) is 0 Å². The van der Waals surface area contributed by atoms with E-state index in [9.17, 15) is 14.4 Å². The van der Waals surface area contributed by atoms with E-state index in [0.717, 1.165) is 22.4 Å². The molecule has 0 saturated carbocycles. The maximum absolute atomic E-state index is 14.0. The van der Waals surface area contributed by atoms with Crippen LogP contribution in [0.15, 0.2) is 66.9 Å². The fourth-order valence-electron chi connectivity index (χ4n) is 3.83. The Bertz CT molecular complexity index is 1450. The molecule has 5 N–H and O–H groups in total. The number of nitrogens with one attached hydrogen (secondary N) is 1. The molecule has 0 unspecified atom stereocenters. The van der Waals surface area contributed by atoms with E-state index in [0.29, 0.717) is 11.3 Å². The largest absolute Gasteiger partial charge is 0.395 e. The van der Waals surface area contributed by atoms with Crippen molar-refractivity contribution >= 4 is 51.5 Å². The van der Waals surface area contributed by atoms with Gasteiger partial charge in [0, 0.05) is 22.8 Å². The van der Waals surface area contributed by atoms with Crippen LogP contribution in [0.3, 0.4) is 0 Å². The standard InChI is InChI=1S/C26H26N6O3S/c1-26(2,3)30-24(34)21(16-11-12-18-15(14-16)8-7-13-29-18)32(17-9-5-4-6-10-17)25(35)22-19(27)20(23(28)33)31-36-22/h4-14,21H,27H2,1-3H3,(H2,28,33)(H,30,34)/t21-/m0/s1. The Labute approximate surface area is 212 Å². The van der Waals surface area contributed by atoms with Gasteiger partial charge in [-0.2, -0.15) is 4.37 Å². The second-order valence-electron chi connectivity index (χ2n) is 9.25. The number of pyridine rings is 1. The molecular weight excluding hydrogens is 476 g/mol. The molecule has 3 amide bonds. The van der Waals surface area contributed by atoms with E-state index in [4.69, 9.17) is 11.5 Å². The third kappa shape index (κ3) is 5.03. The molecule has 1 atom stereocenters. The molecule has 0 fully saturated rings. The Morgan fingerprint density at radius 1 is 1.03 bits per heavy atom. The first-order valence-electron chi connectivity index (χ1n) is 11.2. The lowest BCUT2D eigenvalue weighted by molar-refractivity contribution is -0.123. The summed E-state index contributed by atoms with van der Waals surface area (Å²) >= 11 is 0.767. The Balaban J connectivity index is 1.93. The minimum atomic E-state index is -1.07. The van der Waals surface area contributed by atoms with E-state index in [1.807, 2.05) is 45.0 Å². The summed E-state index contributed by atoms with van der Waals surface area (Å²) in [5.41, 5.74) is 12.4. The van der Waals surface area contributed by atoms with Gasteiger partial charge in [0.05, 0.1) is 11.2 Å². The lowest BCUT2D eigenvalue weighted by Crippen LogP contribution is -2.49. The summed E-state index contributed by atoms with van der Waals surface area (Å²) < 4.78 is 3.98. The zero-order valence-corrected chi connectivity index (χ0v) is 20.9. The normalized spacial score (nSPS) is 12.2. The third-order valence-electron chi connectivity index (χ3n) is 5.36. The number of fused-ring (bicyclic) bond motifs is 1. The summed E-state index contributed by atoms with van der Waals surface area (Å²) in [6, 6.07) is 16.8. The van der Waals surface area contributed by atoms with Crippen LogP contribution >= 0.6 is 11.5 Å². The van der Waals surface area contributed by atoms with Crippen LogP contribution in [-0.4, -0.2) is 32.6 Å². The van der Waals surface area contributed by atoms with Crippen LogP contribution < -0.4 is 21.7 Å². The fourth-order valence-corrected chi connectivity index (χ4v) is 4.57. The molecule has 0 saturated heterocycles. The van der Waals surface area contributed by atoms with Crippen molar-refractivity contribution in [1.29, 1.82) is 0 Å². The Morgan fingerprint density at radius 2 is 1.75 bits per heavy atom. The molecule has 0 spiro atoms. The summed E-state index contributed by atoms with van der Waals surface area (Å²) in [4.78, 5) is 45.3. The number of nitrogens with zero attached hydrogens (tertiary/aromatic N) is 3. The molecule has 0 bridgehead atoms. The van der Waals surface area contributed by atoms with E-state index in [1.165, 1.54) is 4.90 Å². The van der Waals surface area contributed by atoms with E-state index in [1.54, 1.807) is 42.6 Å². The lowest BCUT2D eigenvalue weighted by atomic mass is 9.99. The van der Waals surface area contributed by atoms with Gasteiger partial charge in [0.25, 0.3) is 11.8 Å². The van der Waals surface area contributed by atoms with Crippen molar-refractivity contribution in [2.24, 2.45) is 5.73 Å². The number of nitrogens with two attached hydrogens (primary N) is 2. The highest BCUT2D eigenvalue weighted by Crippen LogP contribution is 2.34. The topological polar surface area (TPSA) is 144 Å². The number of carbonyl (C=O) groups excluding carboxylic acids is 3. The second kappa shape index (κ2) is 9.74. The highest BCUT2D eigenvalue weighted by molar-refractivity contribution is 7.09. The maximum Gasteiger partial charge on any atom is 0.273 e. The van der Waals surface area contributed by atoms with Crippen molar-refractivity contribution < 1.29 is 14.4 Å². The Morgan fingerprint density at radius 3 is 2.39 bits per heavy atom. The lowest BCUT2D eigenvalue weighted by Gasteiger charge is -2.33. The van der Waals surface area contributed by atoms with E-state index < -0.39 is 23.4 Å². The van der Waals surface area contributed by atoms with Crippen LogP contribution in [-0.2, 0) is 4.79 Å². The van der Waals surface area contributed by atoms with Crippen LogP contribution in [0, 0.1) is 0 Å². The number of aromatic nitrogens is 2. The molecule has 0 aliphatic rings. The van der Waals surface area contributed by atoms with Crippen molar-refractivity contribution in [1.82, 2.24) is 14.7 Å². The van der Waals surface area contributed by atoms with Gasteiger partial charge < -0.3 is 16.8 Å². The first-order valence-corrected chi connectivity index (χ1v) is 11.9. The van der Waals surface area contributed by atoms with Crippen molar-refractivity contribution in [3.63, 3.8) is 0 Å². The molecule has 2 aromatic heterocycles. The van der Waals surface area contributed by atoms with Crippen LogP contribution in [0.1, 0.15) is 52.5 Å². The number of amides is 3. The van der Waals surface area contributed by atoms with Gasteiger partial charge in [-0.05, 0) is 68.2 Å². The number of nitrogen functional groups attached to an aromatic ring is 1. The highest BCUT2D eigenvalue weighted by atomic mass is 32.1. The van der Waals surface area contributed by atoms with Gasteiger partial charge in [-0.15, -0.1) is 0 Å². The van der Waals surface area contributed by atoms with Gasteiger partial charge >= 0.3 is 0 Å². The first kappa shape index (κ1) is 24.8. The minimum absolute atomic E-state index is 0.0173. The number of benzene rings is 2. The van der Waals surface area contributed by atoms with Crippen molar-refractivity contribution in [2.75, 3.05) is 10.6 Å². The molecule has 4 rings (SSSR count). The summed E-state index contributed by atoms with van der Waals surface area (Å²) in [6.45, 7) is 5.59. The number of primary amides is 1. The molecule has 184 valence electrons. The maximum atomic E-state index is 14.0. The van der Waals surface area contributed by atoms with Gasteiger partial charge in [-0.1, -0.05) is 30.3 Å². The van der Waals surface area contributed by atoms with Crippen LogP contribution in [0.25, 0.3) is 10.9 Å². The number of anilines is 2. The summed E-state index contributed by atoms with van der Waals surface area (Å²) in [5.74, 6) is -1.80. The third-order valence-corrected chi connectivity index (χ3v) is 6.21. The average Bonchev–Trinajstić information content (AvgIpc) is 3.22. The number of rotatable bonds is 6. The summed E-state index contributed by atoms with van der Waals surface area (Å²) in [6.07, 6.45) is 1.69. The molecule has 36 heavy (non-hydrogen) atoms. The van der Waals surface area contributed by atoms with Crippen molar-refractivity contribution in [3.05, 3.63) is 83.0 Å². The fraction of sp³-hybridized carbons (Fsp3) is 0.192. The van der Waals surface area contributed by atoms with Gasteiger partial charge in [0.2, 0.25) is 5.91 Å². The second-order valence-corrected chi connectivity index (χ2v) is 10.0. The van der Waals surface area contributed by atoms with Gasteiger partial charge in [-0.25, -0.2) is 0 Å². The van der Waals surface area contributed by atoms with Gasteiger partial charge in [0.1, 0.15) is 10.9 Å². The Kier molecular flexibility index (Phi) is 6.71. The molecule has 4 aromatic rings. The van der Waals surface area contributed by atoms with E-state index in [2.05, 4.69) is 14.7 Å². The number of hydrogen-bond acceptors (Lipinski definition) is 7. The number of carbonyl (C=O) groups is 3. The molecule has 0 aliphatic heterocycles. The molecule has 10 heteroatoms. The molecule has 0 aliphatic carbocycles. The van der Waals surface area contributed by atoms with Crippen LogP contribution in [0.5, 0.6) is 0 Å². The average molecular weight is 503 g/mol. The molecule has 2 heterocycles. The number of para-hydroxylation sites is 1. The summed E-state index contributed by atoms with van der Waals surface area (Å²) in [7, 11) is 0. The summed E-state index contributed by atoms with van der Waals surface area (Å²) in [5, 5.41) is 3.81. The highest BCUT2D eigenvalue weighted by Gasteiger charge is 2.37. The molecule has 9 nitrogen and oxygen atoms in total. The van der Waals surface area contributed by atoms with Crippen molar-refractivity contribution in [2.45, 2.75) is 32.4 Å². The monoisotopic (exact) mass is 502 g/mol. The molecule has 2 aromatic carbocycles. The molecular formula is C26H26N6O3S. The van der Waals surface area contributed by atoms with E-state index in [-0.39, 0.29) is 22.2 Å². The van der Waals surface area contributed by atoms with Gasteiger partial charge in [0.15, 0.2) is 5.69 Å². The zero-order valence-electron chi connectivity index (χ0n) is 20.1. The van der Waals surface area contributed by atoms with Crippen LogP contribution in [0.2, 0.25) is 0 Å². The molecule has 0 radical (unpaired) electrons. The quantitative estimate of drug-likeness (QED) is 0.367. The Hall–Kier alpha value is -4.31. The van der Waals surface area contributed by atoms with E-state index >= 15 is 0 Å². The minimum Gasteiger partial charge on any atom is -0.395 e. The van der Waals surface area contributed by atoms with Crippen LogP contribution in [0.4, 0.5) is 11.4 Å². The predicted octanol–water partition coefficient (Wildman–Crippen LogP) is 3.68.